The van der Waals surface area contributed by atoms with Crippen molar-refractivity contribution in [2.45, 2.75) is 19.4 Å². The van der Waals surface area contributed by atoms with Gasteiger partial charge in [0.1, 0.15) is 0 Å². The first-order valence-corrected chi connectivity index (χ1v) is 4.85. The fourth-order valence-electron chi connectivity index (χ4n) is 1.58. The lowest BCUT2D eigenvalue weighted by molar-refractivity contribution is 0.348. The quantitative estimate of drug-likeness (QED) is 0.860. The van der Waals surface area contributed by atoms with Gasteiger partial charge in [-0.3, -0.25) is 0 Å². The second kappa shape index (κ2) is 5.12. The van der Waals surface area contributed by atoms with Gasteiger partial charge in [-0.15, -0.1) is 0 Å². The molecule has 1 atom stereocenters. The van der Waals surface area contributed by atoms with Crippen molar-refractivity contribution in [2.24, 2.45) is 5.73 Å². The minimum atomic E-state index is -0.753. The molecule has 0 bridgehead atoms. The maximum absolute atomic E-state index is 13.4. The molecule has 0 saturated carbocycles. The van der Waals surface area contributed by atoms with Gasteiger partial charge in [0.05, 0.1) is 14.2 Å². The fourth-order valence-corrected chi connectivity index (χ4v) is 1.58. The molecular formula is C11H15F2NO2. The van der Waals surface area contributed by atoms with Crippen molar-refractivity contribution in [2.75, 3.05) is 14.2 Å². The van der Waals surface area contributed by atoms with Gasteiger partial charge < -0.3 is 15.2 Å². The molecular weight excluding hydrogens is 216 g/mol. The third-order valence-electron chi connectivity index (χ3n) is 2.17. The topological polar surface area (TPSA) is 44.5 Å². The van der Waals surface area contributed by atoms with E-state index < -0.39 is 11.6 Å². The number of halogens is 2. The normalized spacial score (nSPS) is 12.4. The van der Waals surface area contributed by atoms with E-state index in [9.17, 15) is 8.78 Å². The number of nitrogens with two attached hydrogens (primary N) is 1. The third-order valence-corrected chi connectivity index (χ3v) is 2.17. The van der Waals surface area contributed by atoms with Gasteiger partial charge in [-0.25, -0.2) is 8.78 Å². The highest BCUT2D eigenvalue weighted by Gasteiger charge is 2.20. The minimum Gasteiger partial charge on any atom is -0.493 e. The summed E-state index contributed by atoms with van der Waals surface area (Å²) in [5, 5.41) is 0. The van der Waals surface area contributed by atoms with Crippen LogP contribution in [0.5, 0.6) is 11.5 Å². The van der Waals surface area contributed by atoms with E-state index in [1.54, 1.807) is 6.92 Å². The molecule has 0 aliphatic rings. The van der Waals surface area contributed by atoms with Gasteiger partial charge in [-0.05, 0) is 13.3 Å². The van der Waals surface area contributed by atoms with Gasteiger partial charge in [0.25, 0.3) is 0 Å². The predicted molar refractivity (Wildman–Crippen MR) is 56.8 cm³/mol. The van der Waals surface area contributed by atoms with Crippen LogP contribution in [0.25, 0.3) is 0 Å². The molecule has 0 amide bonds. The average molecular weight is 231 g/mol. The van der Waals surface area contributed by atoms with E-state index in [1.165, 1.54) is 14.2 Å². The Balaban J connectivity index is 3.36. The van der Waals surface area contributed by atoms with Crippen LogP contribution in [0, 0.1) is 11.6 Å². The maximum atomic E-state index is 13.4. The van der Waals surface area contributed by atoms with Crippen molar-refractivity contribution in [1.29, 1.82) is 0 Å². The van der Waals surface area contributed by atoms with Gasteiger partial charge in [0.2, 0.25) is 0 Å². The van der Waals surface area contributed by atoms with Gasteiger partial charge in [-0.1, -0.05) is 0 Å². The number of ether oxygens (including phenoxy) is 2. The lowest BCUT2D eigenvalue weighted by Gasteiger charge is -2.16. The Kier molecular flexibility index (Phi) is 4.06. The Bertz CT molecular complexity index is 352. The summed E-state index contributed by atoms with van der Waals surface area (Å²) in [6.45, 7) is 1.74. The lowest BCUT2D eigenvalue weighted by Crippen LogP contribution is -2.19. The number of methoxy groups -OCH3 is 2. The van der Waals surface area contributed by atoms with Crippen molar-refractivity contribution in [3.63, 3.8) is 0 Å². The second-order valence-corrected chi connectivity index (χ2v) is 3.57. The summed E-state index contributed by atoms with van der Waals surface area (Å²) >= 11 is 0. The molecule has 2 N–H and O–H groups in total. The summed E-state index contributed by atoms with van der Waals surface area (Å²) in [6.07, 6.45) is 0.279. The van der Waals surface area contributed by atoms with E-state index in [0.29, 0.717) is 5.56 Å². The average Bonchev–Trinajstić information content (AvgIpc) is 2.17. The molecule has 3 nitrogen and oxygen atoms in total. The Labute approximate surface area is 93.2 Å². The SMILES string of the molecule is COc1c(F)cc(F)c(OC)c1CC(C)N. The van der Waals surface area contributed by atoms with Crippen LogP contribution in [-0.4, -0.2) is 20.3 Å². The summed E-state index contributed by atoms with van der Waals surface area (Å²) in [7, 11) is 2.64. The van der Waals surface area contributed by atoms with E-state index in [0.717, 1.165) is 6.07 Å². The summed E-state index contributed by atoms with van der Waals surface area (Å²) in [5.41, 5.74) is 5.93. The van der Waals surface area contributed by atoms with Crippen LogP contribution in [-0.2, 0) is 6.42 Å². The largest absolute Gasteiger partial charge is 0.493 e. The molecule has 1 unspecified atom stereocenters. The molecule has 1 rings (SSSR count). The predicted octanol–water partition coefficient (Wildman–Crippen LogP) is 1.87. The van der Waals surface area contributed by atoms with Crippen molar-refractivity contribution < 1.29 is 18.3 Å². The first-order chi connectivity index (χ1) is 7.51. The second-order valence-electron chi connectivity index (χ2n) is 3.57. The zero-order valence-corrected chi connectivity index (χ0v) is 9.51. The lowest BCUT2D eigenvalue weighted by atomic mass is 10.0. The van der Waals surface area contributed by atoms with Crippen LogP contribution in [0.1, 0.15) is 12.5 Å². The van der Waals surface area contributed by atoms with E-state index in [4.69, 9.17) is 15.2 Å². The summed E-state index contributed by atoms with van der Waals surface area (Å²) in [5.74, 6) is -1.54. The van der Waals surface area contributed by atoms with E-state index >= 15 is 0 Å². The van der Waals surface area contributed by atoms with Crippen LogP contribution in [0.2, 0.25) is 0 Å². The van der Waals surface area contributed by atoms with Gasteiger partial charge in [0, 0.05) is 17.7 Å². The van der Waals surface area contributed by atoms with Crippen LogP contribution < -0.4 is 15.2 Å². The summed E-state index contributed by atoms with van der Waals surface area (Å²) < 4.78 is 36.6. The highest BCUT2D eigenvalue weighted by atomic mass is 19.1. The van der Waals surface area contributed by atoms with Crippen molar-refractivity contribution in [3.8, 4) is 11.5 Å². The van der Waals surface area contributed by atoms with Gasteiger partial charge in [-0.2, -0.15) is 0 Å². The van der Waals surface area contributed by atoms with E-state index in [1.807, 2.05) is 0 Å². The van der Waals surface area contributed by atoms with E-state index in [2.05, 4.69) is 0 Å². The molecule has 1 aromatic rings. The van der Waals surface area contributed by atoms with Crippen LogP contribution in [0.4, 0.5) is 8.78 Å². The summed E-state index contributed by atoms with van der Waals surface area (Å²) in [4.78, 5) is 0. The van der Waals surface area contributed by atoms with Gasteiger partial charge in [0.15, 0.2) is 23.1 Å². The Morgan fingerprint density at radius 3 is 1.94 bits per heavy atom. The maximum Gasteiger partial charge on any atom is 0.168 e. The number of benzene rings is 1. The number of rotatable bonds is 4. The Hall–Kier alpha value is -1.36. The van der Waals surface area contributed by atoms with E-state index in [-0.39, 0.29) is 24.0 Å². The molecule has 16 heavy (non-hydrogen) atoms. The molecule has 0 fully saturated rings. The molecule has 1 aromatic carbocycles. The first kappa shape index (κ1) is 12.7. The monoisotopic (exact) mass is 231 g/mol. The van der Waals surface area contributed by atoms with Crippen molar-refractivity contribution in [3.05, 3.63) is 23.3 Å². The smallest absolute Gasteiger partial charge is 0.168 e. The Morgan fingerprint density at radius 2 is 1.62 bits per heavy atom. The van der Waals surface area contributed by atoms with Crippen LogP contribution >= 0.6 is 0 Å². The van der Waals surface area contributed by atoms with Gasteiger partial charge >= 0.3 is 0 Å². The summed E-state index contributed by atoms with van der Waals surface area (Å²) in [6, 6.07) is 0.492. The fraction of sp³-hybridized carbons (Fsp3) is 0.455. The zero-order valence-electron chi connectivity index (χ0n) is 9.51. The molecule has 0 spiro atoms. The van der Waals surface area contributed by atoms with Crippen LogP contribution in [0.3, 0.4) is 0 Å². The van der Waals surface area contributed by atoms with Crippen LogP contribution in [0.15, 0.2) is 6.07 Å². The Morgan fingerprint density at radius 1 is 1.19 bits per heavy atom. The highest BCUT2D eigenvalue weighted by molar-refractivity contribution is 5.47. The highest BCUT2D eigenvalue weighted by Crippen LogP contribution is 2.34. The molecule has 5 heteroatoms. The zero-order chi connectivity index (χ0) is 12.3. The molecule has 0 aliphatic carbocycles. The molecule has 0 radical (unpaired) electrons. The number of hydrogen-bond acceptors (Lipinski definition) is 3. The molecule has 0 heterocycles. The third kappa shape index (κ3) is 2.41. The minimum absolute atomic E-state index is 0.0180. The van der Waals surface area contributed by atoms with Crippen molar-refractivity contribution >= 4 is 0 Å². The first-order valence-electron chi connectivity index (χ1n) is 4.85. The molecule has 90 valence electrons. The standard InChI is InChI=1S/C11H15F2NO2/c1-6(14)4-7-10(15-2)8(12)5-9(13)11(7)16-3/h5-6H,4,14H2,1-3H3. The molecule has 0 aromatic heterocycles. The van der Waals surface area contributed by atoms with Crippen molar-refractivity contribution in [1.82, 2.24) is 0 Å². The number of hydrogen-bond donors (Lipinski definition) is 1. The molecule has 0 saturated heterocycles. The molecule has 0 aliphatic heterocycles.